The number of benzene rings is 1. The minimum atomic E-state index is -0.635. The molecule has 2 unspecified atom stereocenters. The van der Waals surface area contributed by atoms with E-state index >= 15 is 0 Å². The number of hydrogen-bond acceptors (Lipinski definition) is 3. The van der Waals surface area contributed by atoms with E-state index in [9.17, 15) is 13.6 Å². The van der Waals surface area contributed by atoms with Crippen molar-refractivity contribution in [2.24, 2.45) is 0 Å². The van der Waals surface area contributed by atoms with Gasteiger partial charge in [0.1, 0.15) is 17.8 Å². The highest BCUT2D eigenvalue weighted by Crippen LogP contribution is 2.26. The fourth-order valence-electron chi connectivity index (χ4n) is 2.95. The first-order chi connectivity index (χ1) is 10.1. The van der Waals surface area contributed by atoms with Crippen molar-refractivity contribution in [2.75, 3.05) is 19.7 Å². The summed E-state index contributed by atoms with van der Waals surface area (Å²) < 4.78 is 32.5. The normalized spacial score (nSPS) is 25.8. The molecule has 2 saturated heterocycles. The molecule has 21 heavy (non-hydrogen) atoms. The molecule has 114 valence electrons. The van der Waals surface area contributed by atoms with Crippen LogP contribution in [0.1, 0.15) is 31.0 Å². The molecular weight excluding hydrogens is 278 g/mol. The maximum atomic E-state index is 13.9. The lowest BCUT2D eigenvalue weighted by atomic mass is 10.1. The zero-order valence-corrected chi connectivity index (χ0v) is 11.6. The third kappa shape index (κ3) is 3.06. The van der Waals surface area contributed by atoms with Crippen LogP contribution in [0.5, 0.6) is 0 Å². The summed E-state index contributed by atoms with van der Waals surface area (Å²) in [6.45, 7) is 1.46. The first-order valence-electron chi connectivity index (χ1n) is 7.24. The van der Waals surface area contributed by atoms with Gasteiger partial charge in [0.2, 0.25) is 5.91 Å². The van der Waals surface area contributed by atoms with Crippen molar-refractivity contribution in [1.29, 1.82) is 0 Å². The van der Waals surface area contributed by atoms with Crippen LogP contribution >= 0.6 is 0 Å². The van der Waals surface area contributed by atoms with E-state index in [0.29, 0.717) is 12.1 Å². The standard InChI is InChI=1S/C15H18F2N2O2/c16-10-3-4-12(13(17)8-10)15-18-9-14(20)19(15)6-5-11-2-1-7-21-11/h3-4,8,11,15,18H,1-2,5-7,9H2. The van der Waals surface area contributed by atoms with Gasteiger partial charge < -0.3 is 9.64 Å². The van der Waals surface area contributed by atoms with Crippen molar-refractivity contribution in [1.82, 2.24) is 10.2 Å². The minimum Gasteiger partial charge on any atom is -0.378 e. The second-order valence-electron chi connectivity index (χ2n) is 5.46. The highest BCUT2D eigenvalue weighted by atomic mass is 19.1. The highest BCUT2D eigenvalue weighted by Gasteiger charge is 2.33. The summed E-state index contributed by atoms with van der Waals surface area (Å²) in [5.74, 6) is -1.32. The number of rotatable bonds is 4. The van der Waals surface area contributed by atoms with Crippen LogP contribution in [0.25, 0.3) is 0 Å². The van der Waals surface area contributed by atoms with Gasteiger partial charge in [-0.2, -0.15) is 0 Å². The predicted octanol–water partition coefficient (Wildman–Crippen LogP) is 1.96. The SMILES string of the molecule is O=C1CNC(c2ccc(F)cc2F)N1CCC1CCCO1. The second-order valence-corrected chi connectivity index (χ2v) is 5.46. The number of hydrogen-bond donors (Lipinski definition) is 1. The first-order valence-corrected chi connectivity index (χ1v) is 7.24. The number of carbonyl (C=O) groups is 1. The molecule has 0 aliphatic carbocycles. The molecule has 2 aliphatic heterocycles. The fraction of sp³-hybridized carbons (Fsp3) is 0.533. The lowest BCUT2D eigenvalue weighted by Crippen LogP contribution is -2.33. The van der Waals surface area contributed by atoms with Crippen LogP contribution in [0, 0.1) is 11.6 Å². The molecule has 3 rings (SSSR count). The summed E-state index contributed by atoms with van der Waals surface area (Å²) in [6.07, 6.45) is 2.45. The van der Waals surface area contributed by atoms with Crippen molar-refractivity contribution in [3.8, 4) is 0 Å². The van der Waals surface area contributed by atoms with Gasteiger partial charge in [-0.1, -0.05) is 0 Å². The molecule has 2 aliphatic rings. The molecule has 0 bridgehead atoms. The zero-order chi connectivity index (χ0) is 14.8. The smallest absolute Gasteiger partial charge is 0.238 e. The quantitative estimate of drug-likeness (QED) is 0.923. The summed E-state index contributed by atoms with van der Waals surface area (Å²) >= 11 is 0. The van der Waals surface area contributed by atoms with Gasteiger partial charge >= 0.3 is 0 Å². The third-order valence-electron chi connectivity index (χ3n) is 4.05. The number of nitrogens with zero attached hydrogens (tertiary/aromatic N) is 1. The molecular formula is C15H18F2N2O2. The molecule has 2 atom stereocenters. The number of carbonyl (C=O) groups excluding carboxylic acids is 1. The third-order valence-corrected chi connectivity index (χ3v) is 4.05. The van der Waals surface area contributed by atoms with Crippen molar-refractivity contribution >= 4 is 5.91 Å². The molecule has 0 aromatic heterocycles. The number of amides is 1. The molecule has 2 fully saturated rings. The monoisotopic (exact) mass is 296 g/mol. The van der Waals surface area contributed by atoms with Crippen molar-refractivity contribution in [3.63, 3.8) is 0 Å². The van der Waals surface area contributed by atoms with Gasteiger partial charge in [-0.25, -0.2) is 8.78 Å². The lowest BCUT2D eigenvalue weighted by Gasteiger charge is -2.26. The maximum Gasteiger partial charge on any atom is 0.238 e. The number of nitrogens with one attached hydrogen (secondary N) is 1. The Morgan fingerprint density at radius 1 is 1.38 bits per heavy atom. The summed E-state index contributed by atoms with van der Waals surface area (Å²) in [4.78, 5) is 13.6. The molecule has 1 aromatic carbocycles. The van der Waals surface area contributed by atoms with Gasteiger partial charge in [-0.05, 0) is 31.4 Å². The van der Waals surface area contributed by atoms with E-state index in [-0.39, 0.29) is 18.6 Å². The van der Waals surface area contributed by atoms with Crippen LogP contribution in [0.4, 0.5) is 8.78 Å². The van der Waals surface area contributed by atoms with Crippen LogP contribution in [-0.4, -0.2) is 36.6 Å². The molecule has 0 radical (unpaired) electrons. The average molecular weight is 296 g/mol. The predicted molar refractivity (Wildman–Crippen MR) is 72.4 cm³/mol. The first kappa shape index (κ1) is 14.4. The Morgan fingerprint density at radius 3 is 2.95 bits per heavy atom. The van der Waals surface area contributed by atoms with Crippen LogP contribution in [0.3, 0.4) is 0 Å². The maximum absolute atomic E-state index is 13.9. The molecule has 2 heterocycles. The lowest BCUT2D eigenvalue weighted by molar-refractivity contribution is -0.128. The fourth-order valence-corrected chi connectivity index (χ4v) is 2.95. The Balaban J connectivity index is 1.72. The van der Waals surface area contributed by atoms with Crippen LogP contribution in [0.15, 0.2) is 18.2 Å². The second kappa shape index (κ2) is 6.07. The molecule has 1 N–H and O–H groups in total. The van der Waals surface area contributed by atoms with E-state index < -0.39 is 17.8 Å². The largest absolute Gasteiger partial charge is 0.378 e. The molecule has 4 nitrogen and oxygen atoms in total. The summed E-state index contributed by atoms with van der Waals surface area (Å²) in [5, 5.41) is 2.98. The van der Waals surface area contributed by atoms with E-state index in [2.05, 4.69) is 5.32 Å². The van der Waals surface area contributed by atoms with Gasteiger partial charge in [-0.15, -0.1) is 0 Å². The minimum absolute atomic E-state index is 0.0679. The topological polar surface area (TPSA) is 41.6 Å². The van der Waals surface area contributed by atoms with E-state index in [1.54, 1.807) is 4.90 Å². The van der Waals surface area contributed by atoms with E-state index in [4.69, 9.17) is 4.74 Å². The average Bonchev–Trinajstić information content (AvgIpc) is 3.07. The van der Waals surface area contributed by atoms with Gasteiger partial charge in [0.15, 0.2) is 0 Å². The summed E-state index contributed by atoms with van der Waals surface area (Å²) in [5.41, 5.74) is 0.301. The van der Waals surface area contributed by atoms with E-state index in [1.807, 2.05) is 0 Å². The molecule has 6 heteroatoms. The van der Waals surface area contributed by atoms with Crippen LogP contribution < -0.4 is 5.32 Å². The van der Waals surface area contributed by atoms with Crippen molar-refractivity contribution < 1.29 is 18.3 Å². The van der Waals surface area contributed by atoms with E-state index in [1.165, 1.54) is 12.1 Å². The Morgan fingerprint density at radius 2 is 2.24 bits per heavy atom. The van der Waals surface area contributed by atoms with Gasteiger partial charge in [0.25, 0.3) is 0 Å². The van der Waals surface area contributed by atoms with Gasteiger partial charge in [-0.3, -0.25) is 10.1 Å². The Bertz CT molecular complexity index is 532. The van der Waals surface area contributed by atoms with Gasteiger partial charge in [0, 0.05) is 24.8 Å². The Hall–Kier alpha value is -1.53. The molecule has 1 amide bonds. The Kier molecular flexibility index (Phi) is 4.17. The van der Waals surface area contributed by atoms with Gasteiger partial charge in [0.05, 0.1) is 12.6 Å². The molecule has 0 spiro atoms. The molecule has 1 aromatic rings. The van der Waals surface area contributed by atoms with Crippen LogP contribution in [0.2, 0.25) is 0 Å². The summed E-state index contributed by atoms with van der Waals surface area (Å²) in [6, 6.07) is 3.44. The van der Waals surface area contributed by atoms with Crippen molar-refractivity contribution in [2.45, 2.75) is 31.5 Å². The number of halogens is 2. The van der Waals surface area contributed by atoms with E-state index in [0.717, 1.165) is 31.9 Å². The van der Waals surface area contributed by atoms with Crippen molar-refractivity contribution in [3.05, 3.63) is 35.4 Å². The zero-order valence-electron chi connectivity index (χ0n) is 11.6. The van der Waals surface area contributed by atoms with Crippen LogP contribution in [-0.2, 0) is 9.53 Å². The highest BCUT2D eigenvalue weighted by molar-refractivity contribution is 5.80. The summed E-state index contributed by atoms with van der Waals surface area (Å²) in [7, 11) is 0. The molecule has 0 saturated carbocycles. The Labute approximate surface area is 122 Å². The number of ether oxygens (including phenoxy) is 1.